The summed E-state index contributed by atoms with van der Waals surface area (Å²) in [7, 11) is 0. The maximum Gasteiger partial charge on any atom is 0.216 e. The molecule has 2 rings (SSSR count). The van der Waals surface area contributed by atoms with Crippen molar-refractivity contribution in [2.45, 2.75) is 19.8 Å². The first-order valence-corrected chi connectivity index (χ1v) is 6.59. The van der Waals surface area contributed by atoms with E-state index >= 15 is 0 Å². The van der Waals surface area contributed by atoms with Crippen LogP contribution in [0.5, 0.6) is 0 Å². The lowest BCUT2D eigenvalue weighted by atomic mass is 9.97. The van der Waals surface area contributed by atoms with E-state index in [1.165, 1.54) is 0 Å². The van der Waals surface area contributed by atoms with Gasteiger partial charge in [0.1, 0.15) is 5.82 Å². The van der Waals surface area contributed by atoms with Crippen LogP contribution >= 0.6 is 0 Å². The molecular weight excluding hydrogens is 242 g/mol. The maximum atomic E-state index is 10.9. The van der Waals surface area contributed by atoms with Crippen molar-refractivity contribution in [2.24, 2.45) is 5.92 Å². The third-order valence-electron chi connectivity index (χ3n) is 3.49. The lowest BCUT2D eigenvalue weighted by Crippen LogP contribution is -2.38. The first-order valence-electron chi connectivity index (χ1n) is 6.59. The van der Waals surface area contributed by atoms with Gasteiger partial charge in [-0.3, -0.25) is 9.59 Å². The van der Waals surface area contributed by atoms with Crippen molar-refractivity contribution in [1.29, 1.82) is 0 Å². The van der Waals surface area contributed by atoms with Gasteiger partial charge in [-0.1, -0.05) is 0 Å². The molecule has 102 valence electrons. The normalized spacial score (nSPS) is 16.2. The van der Waals surface area contributed by atoms with Crippen LogP contribution in [0.25, 0.3) is 0 Å². The summed E-state index contributed by atoms with van der Waals surface area (Å²) >= 11 is 0. The minimum Gasteiger partial charge on any atom is -0.357 e. The number of pyridine rings is 1. The molecule has 0 bridgehead atoms. The molecule has 1 amide bonds. The molecule has 0 atom stereocenters. The van der Waals surface area contributed by atoms with E-state index < -0.39 is 0 Å². The number of hydrogen-bond acceptors (Lipinski definition) is 4. The van der Waals surface area contributed by atoms with Crippen molar-refractivity contribution in [1.82, 2.24) is 10.3 Å². The van der Waals surface area contributed by atoms with Crippen LogP contribution in [0.3, 0.4) is 0 Å². The fourth-order valence-electron chi connectivity index (χ4n) is 2.31. The molecule has 1 aliphatic heterocycles. The van der Waals surface area contributed by atoms with Crippen LogP contribution < -0.4 is 10.2 Å². The molecule has 1 N–H and O–H groups in total. The van der Waals surface area contributed by atoms with Crippen LogP contribution in [-0.2, 0) is 4.79 Å². The summed E-state index contributed by atoms with van der Waals surface area (Å²) in [5, 5.41) is 2.87. The van der Waals surface area contributed by atoms with Gasteiger partial charge >= 0.3 is 0 Å². The topological polar surface area (TPSA) is 62.3 Å². The first kappa shape index (κ1) is 13.5. The zero-order valence-electron chi connectivity index (χ0n) is 11.1. The summed E-state index contributed by atoms with van der Waals surface area (Å²) < 4.78 is 0. The molecule has 0 spiro atoms. The number of nitrogens with one attached hydrogen (secondary N) is 1. The number of rotatable bonds is 4. The third-order valence-corrected chi connectivity index (χ3v) is 3.49. The van der Waals surface area contributed by atoms with Crippen LogP contribution in [0.15, 0.2) is 18.3 Å². The molecule has 0 aromatic carbocycles. The molecule has 0 aliphatic carbocycles. The van der Waals surface area contributed by atoms with E-state index in [1.807, 2.05) is 6.07 Å². The molecule has 1 saturated heterocycles. The van der Waals surface area contributed by atoms with E-state index in [0.29, 0.717) is 11.5 Å². The van der Waals surface area contributed by atoms with Crippen molar-refractivity contribution in [3.8, 4) is 0 Å². The first-order chi connectivity index (χ1) is 9.19. The number of hydrogen-bond donors (Lipinski definition) is 1. The standard InChI is InChI=1S/C14H19N3O2/c1-11(19)15-8-12-4-6-17(7-5-12)14-3-2-13(10-18)9-16-14/h2-3,9-10,12H,4-8H2,1H3,(H,15,19). The highest BCUT2D eigenvalue weighted by atomic mass is 16.1. The van der Waals surface area contributed by atoms with Gasteiger partial charge in [-0.05, 0) is 30.9 Å². The summed E-state index contributed by atoms with van der Waals surface area (Å²) in [6, 6.07) is 3.68. The highest BCUT2D eigenvalue weighted by Gasteiger charge is 2.20. The van der Waals surface area contributed by atoms with Gasteiger partial charge in [0.2, 0.25) is 5.91 Å². The Morgan fingerprint density at radius 2 is 2.21 bits per heavy atom. The minimum absolute atomic E-state index is 0.0357. The Morgan fingerprint density at radius 3 is 2.74 bits per heavy atom. The van der Waals surface area contributed by atoms with E-state index in [0.717, 1.165) is 44.6 Å². The molecule has 0 radical (unpaired) electrons. The Kier molecular flexibility index (Phi) is 4.49. The zero-order valence-corrected chi connectivity index (χ0v) is 11.1. The summed E-state index contributed by atoms with van der Waals surface area (Å²) in [5.41, 5.74) is 0.601. The molecule has 1 fully saturated rings. The van der Waals surface area contributed by atoms with Crippen LogP contribution in [0.1, 0.15) is 30.1 Å². The Labute approximate surface area is 113 Å². The average molecular weight is 261 g/mol. The predicted octanol–water partition coefficient (Wildman–Crippen LogP) is 1.25. The van der Waals surface area contributed by atoms with E-state index in [9.17, 15) is 9.59 Å². The van der Waals surface area contributed by atoms with Gasteiger partial charge < -0.3 is 10.2 Å². The van der Waals surface area contributed by atoms with Gasteiger partial charge in [-0.25, -0.2) is 4.98 Å². The highest BCUT2D eigenvalue weighted by Crippen LogP contribution is 2.21. The van der Waals surface area contributed by atoms with E-state index in [2.05, 4.69) is 15.2 Å². The predicted molar refractivity (Wildman–Crippen MR) is 73.2 cm³/mol. The van der Waals surface area contributed by atoms with E-state index in [4.69, 9.17) is 0 Å². The third kappa shape index (κ3) is 3.77. The Bertz CT molecular complexity index is 437. The highest BCUT2D eigenvalue weighted by molar-refractivity contribution is 5.74. The number of carbonyl (C=O) groups is 2. The summed E-state index contributed by atoms with van der Waals surface area (Å²) in [6.07, 6.45) is 4.51. The summed E-state index contributed by atoms with van der Waals surface area (Å²) in [6.45, 7) is 4.20. The lowest BCUT2D eigenvalue weighted by molar-refractivity contribution is -0.119. The van der Waals surface area contributed by atoms with Crippen molar-refractivity contribution >= 4 is 18.0 Å². The fraction of sp³-hybridized carbons (Fsp3) is 0.500. The summed E-state index contributed by atoms with van der Waals surface area (Å²) in [4.78, 5) is 28.0. The van der Waals surface area contributed by atoms with Gasteiger partial charge in [0, 0.05) is 38.3 Å². The molecule has 1 aromatic heterocycles. The second-order valence-electron chi connectivity index (χ2n) is 4.94. The fourth-order valence-corrected chi connectivity index (χ4v) is 2.31. The van der Waals surface area contributed by atoms with Crippen molar-refractivity contribution in [2.75, 3.05) is 24.5 Å². The van der Waals surface area contributed by atoms with Crippen LogP contribution in [0.4, 0.5) is 5.82 Å². The smallest absolute Gasteiger partial charge is 0.216 e. The Balaban J connectivity index is 1.85. The van der Waals surface area contributed by atoms with Crippen molar-refractivity contribution < 1.29 is 9.59 Å². The van der Waals surface area contributed by atoms with Crippen LogP contribution in [0.2, 0.25) is 0 Å². The number of aldehydes is 1. The lowest BCUT2D eigenvalue weighted by Gasteiger charge is -2.32. The number of piperidine rings is 1. The van der Waals surface area contributed by atoms with E-state index in [1.54, 1.807) is 19.2 Å². The molecule has 0 saturated carbocycles. The molecule has 0 unspecified atom stereocenters. The monoisotopic (exact) mass is 261 g/mol. The Morgan fingerprint density at radius 1 is 1.47 bits per heavy atom. The van der Waals surface area contributed by atoms with Crippen LogP contribution in [0, 0.1) is 5.92 Å². The summed E-state index contributed by atoms with van der Waals surface area (Å²) in [5.74, 6) is 1.51. The number of anilines is 1. The number of carbonyl (C=O) groups excluding carboxylic acids is 2. The Hall–Kier alpha value is -1.91. The van der Waals surface area contributed by atoms with Gasteiger partial charge in [-0.2, -0.15) is 0 Å². The van der Waals surface area contributed by atoms with Gasteiger partial charge in [-0.15, -0.1) is 0 Å². The van der Waals surface area contributed by atoms with Crippen LogP contribution in [-0.4, -0.2) is 36.8 Å². The molecule has 2 heterocycles. The number of amides is 1. The minimum atomic E-state index is 0.0357. The molecule has 1 aliphatic rings. The zero-order chi connectivity index (χ0) is 13.7. The van der Waals surface area contributed by atoms with Gasteiger partial charge in [0.25, 0.3) is 0 Å². The molecule has 5 heteroatoms. The maximum absolute atomic E-state index is 10.9. The largest absolute Gasteiger partial charge is 0.357 e. The van der Waals surface area contributed by atoms with Gasteiger partial charge in [0.05, 0.1) is 0 Å². The van der Waals surface area contributed by atoms with Crippen molar-refractivity contribution in [3.63, 3.8) is 0 Å². The van der Waals surface area contributed by atoms with Crippen molar-refractivity contribution in [3.05, 3.63) is 23.9 Å². The molecular formula is C14H19N3O2. The molecule has 5 nitrogen and oxygen atoms in total. The second kappa shape index (κ2) is 6.31. The molecule has 19 heavy (non-hydrogen) atoms. The van der Waals surface area contributed by atoms with E-state index in [-0.39, 0.29) is 5.91 Å². The second-order valence-corrected chi connectivity index (χ2v) is 4.94. The van der Waals surface area contributed by atoms with Gasteiger partial charge in [0.15, 0.2) is 6.29 Å². The quantitative estimate of drug-likeness (QED) is 0.828. The SMILES string of the molecule is CC(=O)NCC1CCN(c2ccc(C=O)cn2)CC1. The number of aromatic nitrogens is 1. The molecule has 1 aromatic rings. The number of nitrogens with zero attached hydrogens (tertiary/aromatic N) is 2. The average Bonchev–Trinajstić information content (AvgIpc) is 2.46.